The summed E-state index contributed by atoms with van der Waals surface area (Å²) in [5, 5.41) is 2.77. The zero-order valence-corrected chi connectivity index (χ0v) is 19.4. The van der Waals surface area contributed by atoms with E-state index in [9.17, 15) is 22.8 Å². The SMILES string of the molecule is C1CCOCC1.CC(C)C.CCC(=O)CNC.O=CN1CCN(CC(F)(F)F)CC1. The molecule has 2 saturated heterocycles. The molecule has 0 unspecified atom stereocenters. The van der Waals surface area contributed by atoms with Crippen LogP contribution in [-0.2, 0) is 14.3 Å². The number of halogens is 3. The molecule has 0 spiro atoms. The van der Waals surface area contributed by atoms with Gasteiger partial charge in [-0.25, -0.2) is 0 Å². The van der Waals surface area contributed by atoms with Gasteiger partial charge in [-0.15, -0.1) is 0 Å². The molecule has 0 atom stereocenters. The zero-order chi connectivity index (χ0) is 23.4. The fourth-order valence-electron chi connectivity index (χ4n) is 2.29. The van der Waals surface area contributed by atoms with E-state index in [2.05, 4.69) is 26.1 Å². The fraction of sp³-hybridized carbons (Fsp3) is 0.905. The van der Waals surface area contributed by atoms with Gasteiger partial charge >= 0.3 is 6.18 Å². The molecular formula is C21H42F3N3O3. The summed E-state index contributed by atoms with van der Waals surface area (Å²) in [6.07, 6.45) is 1.11. The lowest BCUT2D eigenvalue weighted by atomic mass is 10.2. The van der Waals surface area contributed by atoms with Crippen LogP contribution in [0.15, 0.2) is 0 Å². The Labute approximate surface area is 180 Å². The highest BCUT2D eigenvalue weighted by atomic mass is 19.4. The van der Waals surface area contributed by atoms with Gasteiger partial charge in [-0.05, 0) is 32.2 Å². The third-order valence-corrected chi connectivity index (χ3v) is 3.80. The van der Waals surface area contributed by atoms with Crippen molar-refractivity contribution in [1.29, 1.82) is 0 Å². The fourth-order valence-corrected chi connectivity index (χ4v) is 2.29. The van der Waals surface area contributed by atoms with E-state index in [-0.39, 0.29) is 5.78 Å². The van der Waals surface area contributed by atoms with Crippen molar-refractivity contribution in [2.75, 3.05) is 59.5 Å². The second kappa shape index (κ2) is 19.8. The predicted molar refractivity (Wildman–Crippen MR) is 115 cm³/mol. The Kier molecular flexibility index (Phi) is 20.4. The van der Waals surface area contributed by atoms with Crippen molar-refractivity contribution in [1.82, 2.24) is 15.1 Å². The van der Waals surface area contributed by atoms with Gasteiger partial charge in [0.2, 0.25) is 6.41 Å². The van der Waals surface area contributed by atoms with Gasteiger partial charge < -0.3 is 15.0 Å². The van der Waals surface area contributed by atoms with Gasteiger partial charge in [-0.2, -0.15) is 13.2 Å². The Morgan fingerprint density at radius 1 is 1.07 bits per heavy atom. The van der Waals surface area contributed by atoms with Crippen LogP contribution in [-0.4, -0.2) is 87.7 Å². The molecule has 0 aromatic carbocycles. The Balaban J connectivity index is 0. The number of hydrogen-bond acceptors (Lipinski definition) is 5. The Morgan fingerprint density at radius 2 is 1.57 bits per heavy atom. The molecule has 0 aromatic heterocycles. The Morgan fingerprint density at radius 3 is 1.80 bits per heavy atom. The summed E-state index contributed by atoms with van der Waals surface area (Å²) in [5.74, 6) is 1.10. The number of carbonyl (C=O) groups excluding carboxylic acids is 2. The van der Waals surface area contributed by atoms with Gasteiger partial charge in [-0.1, -0.05) is 27.7 Å². The lowest BCUT2D eigenvalue weighted by Gasteiger charge is -2.32. The summed E-state index contributed by atoms with van der Waals surface area (Å²) < 4.78 is 40.8. The van der Waals surface area contributed by atoms with Crippen molar-refractivity contribution in [3.05, 3.63) is 0 Å². The largest absolute Gasteiger partial charge is 0.401 e. The minimum Gasteiger partial charge on any atom is -0.381 e. The lowest BCUT2D eigenvalue weighted by Crippen LogP contribution is -2.48. The first-order chi connectivity index (χ1) is 14.1. The zero-order valence-electron chi connectivity index (χ0n) is 19.4. The highest BCUT2D eigenvalue weighted by molar-refractivity contribution is 5.79. The number of piperazine rings is 1. The summed E-state index contributed by atoms with van der Waals surface area (Å²) in [6, 6.07) is 0. The normalized spacial score (nSPS) is 16.9. The molecule has 2 aliphatic rings. The summed E-state index contributed by atoms with van der Waals surface area (Å²) >= 11 is 0. The molecule has 0 bridgehead atoms. The third kappa shape index (κ3) is 24.8. The van der Waals surface area contributed by atoms with Crippen LogP contribution in [0.1, 0.15) is 53.4 Å². The van der Waals surface area contributed by atoms with Crippen molar-refractivity contribution < 1.29 is 27.5 Å². The highest BCUT2D eigenvalue weighted by Crippen LogP contribution is 2.17. The first-order valence-corrected chi connectivity index (χ1v) is 10.8. The summed E-state index contributed by atoms with van der Waals surface area (Å²) in [5.41, 5.74) is 0. The maximum absolute atomic E-state index is 11.9. The van der Waals surface area contributed by atoms with E-state index in [1.165, 1.54) is 29.1 Å². The van der Waals surface area contributed by atoms with E-state index in [1.54, 1.807) is 7.05 Å². The van der Waals surface area contributed by atoms with Crippen LogP contribution < -0.4 is 5.32 Å². The van der Waals surface area contributed by atoms with E-state index in [0.717, 1.165) is 19.1 Å². The molecular weight excluding hydrogens is 399 g/mol. The summed E-state index contributed by atoms with van der Waals surface area (Å²) in [4.78, 5) is 23.4. The van der Waals surface area contributed by atoms with Crippen LogP contribution in [0.2, 0.25) is 0 Å². The molecule has 9 heteroatoms. The molecule has 1 N–H and O–H groups in total. The van der Waals surface area contributed by atoms with E-state index in [4.69, 9.17) is 4.74 Å². The van der Waals surface area contributed by atoms with E-state index in [0.29, 0.717) is 45.6 Å². The number of nitrogens with one attached hydrogen (secondary N) is 1. The average Bonchev–Trinajstić information content (AvgIpc) is 2.69. The quantitative estimate of drug-likeness (QED) is 0.663. The molecule has 2 aliphatic heterocycles. The van der Waals surface area contributed by atoms with Gasteiger partial charge in [0.05, 0.1) is 13.1 Å². The minimum absolute atomic E-state index is 0.266. The van der Waals surface area contributed by atoms with Crippen LogP contribution in [0.5, 0.6) is 0 Å². The first kappa shape index (κ1) is 31.0. The van der Waals surface area contributed by atoms with Gasteiger partial charge in [0, 0.05) is 45.8 Å². The monoisotopic (exact) mass is 441 g/mol. The van der Waals surface area contributed by atoms with Crippen molar-refractivity contribution in [2.24, 2.45) is 5.92 Å². The number of ketones is 1. The molecule has 0 aromatic rings. The van der Waals surface area contributed by atoms with Crippen LogP contribution in [0.25, 0.3) is 0 Å². The molecule has 2 fully saturated rings. The molecule has 0 saturated carbocycles. The maximum Gasteiger partial charge on any atom is 0.401 e. The average molecular weight is 442 g/mol. The summed E-state index contributed by atoms with van der Waals surface area (Å²) in [6.45, 7) is 11.4. The molecule has 6 nitrogen and oxygen atoms in total. The molecule has 180 valence electrons. The first-order valence-electron chi connectivity index (χ1n) is 10.8. The van der Waals surface area contributed by atoms with Gasteiger partial charge in [0.15, 0.2) is 0 Å². The van der Waals surface area contributed by atoms with Crippen molar-refractivity contribution in [3.63, 3.8) is 0 Å². The third-order valence-electron chi connectivity index (χ3n) is 3.80. The standard InChI is InChI=1S/C7H11F3N2O.C5H11NO.C5H10O.C4H10/c8-7(9,10)5-11-1-3-12(6-13)4-2-11;1-3-5(7)4-6-2;1-2-4-6-5-3-1;1-4(2)3/h6H,1-5H2;6H,3-4H2,1-2H3;1-5H2;4H,1-3H3. The van der Waals surface area contributed by atoms with Crippen LogP contribution in [0, 0.1) is 5.92 Å². The minimum atomic E-state index is -4.14. The second-order valence-corrected chi connectivity index (χ2v) is 7.86. The molecule has 0 aliphatic carbocycles. The van der Waals surface area contributed by atoms with E-state index < -0.39 is 12.7 Å². The number of carbonyl (C=O) groups is 2. The number of ether oxygens (including phenoxy) is 1. The Hall–Kier alpha value is -1.19. The van der Waals surface area contributed by atoms with Gasteiger partial charge in [-0.3, -0.25) is 14.5 Å². The number of Topliss-reactive ketones (excluding diaryl/α,β-unsaturated/α-hetero) is 1. The number of alkyl halides is 3. The predicted octanol–water partition coefficient (Wildman–Crippen LogP) is 3.36. The van der Waals surface area contributed by atoms with Crippen molar-refractivity contribution >= 4 is 12.2 Å². The van der Waals surface area contributed by atoms with E-state index >= 15 is 0 Å². The van der Waals surface area contributed by atoms with Gasteiger partial charge in [0.25, 0.3) is 0 Å². The van der Waals surface area contributed by atoms with Crippen molar-refractivity contribution in [3.8, 4) is 0 Å². The number of amides is 1. The topological polar surface area (TPSA) is 61.9 Å². The number of likely N-dealkylation sites (N-methyl/N-ethyl adjacent to an activating group) is 1. The van der Waals surface area contributed by atoms with Crippen molar-refractivity contribution in [2.45, 2.75) is 59.6 Å². The van der Waals surface area contributed by atoms with Crippen LogP contribution >= 0.6 is 0 Å². The second-order valence-electron chi connectivity index (χ2n) is 7.86. The maximum atomic E-state index is 11.9. The lowest BCUT2D eigenvalue weighted by molar-refractivity contribution is -0.150. The number of hydrogen-bond donors (Lipinski definition) is 1. The Bertz CT molecular complexity index is 396. The smallest absolute Gasteiger partial charge is 0.381 e. The highest BCUT2D eigenvalue weighted by Gasteiger charge is 2.31. The van der Waals surface area contributed by atoms with Gasteiger partial charge in [0.1, 0.15) is 5.78 Å². The van der Waals surface area contributed by atoms with Crippen LogP contribution in [0.4, 0.5) is 13.2 Å². The van der Waals surface area contributed by atoms with Crippen LogP contribution in [0.3, 0.4) is 0 Å². The molecule has 1 amide bonds. The molecule has 0 radical (unpaired) electrons. The molecule has 30 heavy (non-hydrogen) atoms. The van der Waals surface area contributed by atoms with E-state index in [1.807, 2.05) is 6.92 Å². The number of rotatable bonds is 5. The summed E-state index contributed by atoms with van der Waals surface area (Å²) in [7, 11) is 1.77. The molecule has 2 rings (SSSR count). The number of nitrogens with zero attached hydrogens (tertiary/aromatic N) is 2. The molecule has 2 heterocycles.